The predicted molar refractivity (Wildman–Crippen MR) is 125 cm³/mol. The van der Waals surface area contributed by atoms with Crippen LogP contribution in [0.3, 0.4) is 0 Å². The Morgan fingerprint density at radius 2 is 1.66 bits per heavy atom. The number of carbonyl (C=O) groups is 2. The fourth-order valence-electron chi connectivity index (χ4n) is 4.10. The summed E-state index contributed by atoms with van der Waals surface area (Å²) < 4.78 is 11.1. The molecular formula is C26H34N2O4. The zero-order chi connectivity index (χ0) is 22.8. The van der Waals surface area contributed by atoms with Gasteiger partial charge in [-0.2, -0.15) is 0 Å². The molecule has 32 heavy (non-hydrogen) atoms. The average Bonchev–Trinajstić information content (AvgIpc) is 2.84. The molecule has 2 aromatic carbocycles. The standard InChI is InChI=1S/C26H34N2O4/c1-20(26(30)27-22-13-7-4-8-14-22)28(18-17-21-11-5-3-6-12-21)25(29)19-32-24-16-10-9-15-23(24)31-2/h3,5-6,9-12,15-16,20,22H,4,7-8,13-14,17-19H2,1-2H3,(H,27,30)/t20-/m1/s1. The molecule has 3 rings (SSSR count). The number of amides is 2. The van der Waals surface area contributed by atoms with E-state index in [1.807, 2.05) is 42.5 Å². The minimum absolute atomic E-state index is 0.101. The Bertz CT molecular complexity index is 865. The Morgan fingerprint density at radius 3 is 2.34 bits per heavy atom. The number of carbonyl (C=O) groups excluding carboxylic acids is 2. The predicted octanol–water partition coefficient (Wildman–Crippen LogP) is 3.98. The molecule has 0 aromatic heterocycles. The van der Waals surface area contributed by atoms with Crippen molar-refractivity contribution in [2.24, 2.45) is 0 Å². The van der Waals surface area contributed by atoms with Crippen LogP contribution in [-0.2, 0) is 16.0 Å². The maximum Gasteiger partial charge on any atom is 0.261 e. The van der Waals surface area contributed by atoms with Crippen LogP contribution in [0.5, 0.6) is 11.5 Å². The summed E-state index contributed by atoms with van der Waals surface area (Å²) in [6.45, 7) is 2.08. The van der Waals surface area contributed by atoms with E-state index in [-0.39, 0.29) is 24.5 Å². The van der Waals surface area contributed by atoms with Crippen LogP contribution in [0.1, 0.15) is 44.6 Å². The third kappa shape index (κ3) is 6.74. The smallest absolute Gasteiger partial charge is 0.261 e. The van der Waals surface area contributed by atoms with E-state index in [9.17, 15) is 9.59 Å². The SMILES string of the molecule is COc1ccccc1OCC(=O)N(CCc1ccccc1)[C@H](C)C(=O)NC1CCCCC1. The molecule has 2 amide bonds. The largest absolute Gasteiger partial charge is 0.493 e. The van der Waals surface area contributed by atoms with Crippen LogP contribution >= 0.6 is 0 Å². The van der Waals surface area contributed by atoms with Crippen LogP contribution in [0.25, 0.3) is 0 Å². The highest BCUT2D eigenvalue weighted by molar-refractivity contribution is 5.88. The summed E-state index contributed by atoms with van der Waals surface area (Å²) in [6.07, 6.45) is 6.19. The Labute approximate surface area is 190 Å². The molecule has 172 valence electrons. The first-order chi connectivity index (χ1) is 15.6. The molecule has 0 aliphatic heterocycles. The molecule has 0 spiro atoms. The number of hydrogen-bond acceptors (Lipinski definition) is 4. The monoisotopic (exact) mass is 438 g/mol. The van der Waals surface area contributed by atoms with E-state index in [1.165, 1.54) is 6.42 Å². The van der Waals surface area contributed by atoms with Crippen molar-refractivity contribution in [2.75, 3.05) is 20.3 Å². The van der Waals surface area contributed by atoms with Crippen LogP contribution in [0.2, 0.25) is 0 Å². The lowest BCUT2D eigenvalue weighted by atomic mass is 9.95. The molecule has 1 aliphatic carbocycles. The number of hydrogen-bond donors (Lipinski definition) is 1. The van der Waals surface area contributed by atoms with Crippen LogP contribution in [0, 0.1) is 0 Å². The lowest BCUT2D eigenvalue weighted by Crippen LogP contribution is -2.52. The number of methoxy groups -OCH3 is 1. The number of rotatable bonds is 10. The van der Waals surface area contributed by atoms with Gasteiger partial charge >= 0.3 is 0 Å². The first-order valence-corrected chi connectivity index (χ1v) is 11.5. The normalized spacial score (nSPS) is 14.9. The average molecular weight is 439 g/mol. The quantitative estimate of drug-likeness (QED) is 0.609. The van der Waals surface area contributed by atoms with Crippen LogP contribution in [0.4, 0.5) is 0 Å². The lowest BCUT2D eigenvalue weighted by Gasteiger charge is -2.31. The molecule has 2 aromatic rings. The lowest BCUT2D eigenvalue weighted by molar-refractivity contribution is -0.141. The minimum atomic E-state index is -0.575. The number of para-hydroxylation sites is 2. The molecule has 1 N–H and O–H groups in total. The second-order valence-corrected chi connectivity index (χ2v) is 8.28. The van der Waals surface area contributed by atoms with Gasteiger partial charge in [-0.15, -0.1) is 0 Å². The minimum Gasteiger partial charge on any atom is -0.493 e. The van der Waals surface area contributed by atoms with Gasteiger partial charge in [-0.05, 0) is 43.9 Å². The van der Waals surface area contributed by atoms with Gasteiger partial charge in [-0.1, -0.05) is 61.7 Å². The van der Waals surface area contributed by atoms with E-state index in [4.69, 9.17) is 9.47 Å². The molecular weight excluding hydrogens is 404 g/mol. The van der Waals surface area contributed by atoms with Gasteiger partial charge in [0.25, 0.3) is 5.91 Å². The summed E-state index contributed by atoms with van der Waals surface area (Å²) in [5, 5.41) is 3.15. The molecule has 0 saturated heterocycles. The van der Waals surface area contributed by atoms with E-state index in [0.29, 0.717) is 24.5 Å². The van der Waals surface area contributed by atoms with Crippen molar-refractivity contribution in [1.29, 1.82) is 0 Å². The van der Waals surface area contributed by atoms with Gasteiger partial charge in [0, 0.05) is 12.6 Å². The van der Waals surface area contributed by atoms with Crippen molar-refractivity contribution in [3.8, 4) is 11.5 Å². The van der Waals surface area contributed by atoms with Gasteiger partial charge < -0.3 is 19.7 Å². The number of nitrogens with one attached hydrogen (secondary N) is 1. The van der Waals surface area contributed by atoms with E-state index >= 15 is 0 Å². The highest BCUT2D eigenvalue weighted by Gasteiger charge is 2.28. The third-order valence-corrected chi connectivity index (χ3v) is 6.02. The first kappa shape index (κ1) is 23.6. The van der Waals surface area contributed by atoms with E-state index in [1.54, 1.807) is 31.1 Å². The van der Waals surface area contributed by atoms with Gasteiger partial charge in [0.05, 0.1) is 7.11 Å². The first-order valence-electron chi connectivity index (χ1n) is 11.5. The highest BCUT2D eigenvalue weighted by Crippen LogP contribution is 2.25. The van der Waals surface area contributed by atoms with Gasteiger partial charge in [-0.3, -0.25) is 9.59 Å². The Kier molecular flexibility index (Phi) is 8.96. The summed E-state index contributed by atoms with van der Waals surface area (Å²) in [7, 11) is 1.56. The fraction of sp³-hybridized carbons (Fsp3) is 0.462. The summed E-state index contributed by atoms with van der Waals surface area (Å²) in [6, 6.07) is 16.8. The summed E-state index contributed by atoms with van der Waals surface area (Å²) in [5.74, 6) is 0.749. The second-order valence-electron chi connectivity index (χ2n) is 8.28. The number of benzene rings is 2. The van der Waals surface area contributed by atoms with Crippen LogP contribution < -0.4 is 14.8 Å². The van der Waals surface area contributed by atoms with Crippen LogP contribution in [0.15, 0.2) is 54.6 Å². The molecule has 6 heteroatoms. The highest BCUT2D eigenvalue weighted by atomic mass is 16.5. The van der Waals surface area contributed by atoms with Crippen molar-refractivity contribution < 1.29 is 19.1 Å². The number of ether oxygens (including phenoxy) is 2. The van der Waals surface area contributed by atoms with E-state index in [2.05, 4.69) is 5.32 Å². The van der Waals surface area contributed by atoms with Crippen molar-refractivity contribution in [3.05, 3.63) is 60.2 Å². The summed E-state index contributed by atoms with van der Waals surface area (Å²) in [5.41, 5.74) is 1.12. The summed E-state index contributed by atoms with van der Waals surface area (Å²) in [4.78, 5) is 27.8. The molecule has 1 fully saturated rings. The van der Waals surface area contributed by atoms with Crippen molar-refractivity contribution >= 4 is 11.8 Å². The topological polar surface area (TPSA) is 67.9 Å². The summed E-state index contributed by atoms with van der Waals surface area (Å²) >= 11 is 0. The fourth-order valence-corrected chi connectivity index (χ4v) is 4.10. The molecule has 6 nitrogen and oxygen atoms in total. The van der Waals surface area contributed by atoms with E-state index in [0.717, 1.165) is 31.2 Å². The maximum atomic E-state index is 13.2. The molecule has 1 aliphatic rings. The second kappa shape index (κ2) is 12.1. The molecule has 0 bridgehead atoms. The van der Waals surface area contributed by atoms with Crippen molar-refractivity contribution in [3.63, 3.8) is 0 Å². The van der Waals surface area contributed by atoms with Gasteiger partial charge in [-0.25, -0.2) is 0 Å². The third-order valence-electron chi connectivity index (χ3n) is 6.02. The molecule has 0 unspecified atom stereocenters. The maximum absolute atomic E-state index is 13.2. The Morgan fingerprint density at radius 1 is 1.00 bits per heavy atom. The Balaban J connectivity index is 1.66. The molecule has 0 radical (unpaired) electrons. The van der Waals surface area contributed by atoms with Gasteiger partial charge in [0.15, 0.2) is 18.1 Å². The van der Waals surface area contributed by atoms with Gasteiger partial charge in [0.1, 0.15) is 6.04 Å². The number of nitrogens with zero attached hydrogens (tertiary/aromatic N) is 1. The van der Waals surface area contributed by atoms with Crippen molar-refractivity contribution in [2.45, 2.75) is 57.5 Å². The Hall–Kier alpha value is -3.02. The zero-order valence-electron chi connectivity index (χ0n) is 19.1. The molecule has 1 atom stereocenters. The van der Waals surface area contributed by atoms with Gasteiger partial charge in [0.2, 0.25) is 5.91 Å². The zero-order valence-corrected chi connectivity index (χ0v) is 19.1. The van der Waals surface area contributed by atoms with Crippen molar-refractivity contribution in [1.82, 2.24) is 10.2 Å². The van der Waals surface area contributed by atoms with Crippen LogP contribution in [-0.4, -0.2) is 49.1 Å². The van der Waals surface area contributed by atoms with E-state index < -0.39 is 6.04 Å². The molecule has 1 saturated carbocycles. The molecule has 0 heterocycles.